The molecule has 2 fully saturated rings. The average molecular weight is 335 g/mol. The minimum Gasteiger partial charge on any atom is -0.396 e. The van der Waals surface area contributed by atoms with Crippen molar-refractivity contribution in [1.82, 2.24) is 0 Å². The third kappa shape index (κ3) is 3.54. The van der Waals surface area contributed by atoms with Crippen LogP contribution >= 0.6 is 0 Å². The Morgan fingerprint density at radius 2 is 2.08 bits per heavy atom. The standard InChI is InChI=1S/C16H21N3O5/c1-16(2)23-14-13(21-9-10-6-4-3-5-7-10)12(22-15(14)24-16)11(8-20)18-19-17/h3-7,11-15,20H,8-9H2,1-2H3/t11-,12+,13+,14+,15+/m0/s1. The summed E-state index contributed by atoms with van der Waals surface area (Å²) in [6.07, 6.45) is -2.22. The highest BCUT2D eigenvalue weighted by Gasteiger charge is 2.56. The minimum atomic E-state index is -0.776. The van der Waals surface area contributed by atoms with Crippen LogP contribution in [0.2, 0.25) is 0 Å². The van der Waals surface area contributed by atoms with Crippen molar-refractivity contribution in [2.45, 2.75) is 56.9 Å². The third-order valence-corrected chi connectivity index (χ3v) is 4.08. The lowest BCUT2D eigenvalue weighted by molar-refractivity contribution is -0.222. The van der Waals surface area contributed by atoms with E-state index in [2.05, 4.69) is 10.0 Å². The number of rotatable bonds is 6. The van der Waals surface area contributed by atoms with Gasteiger partial charge in [0.1, 0.15) is 18.3 Å². The van der Waals surface area contributed by atoms with Gasteiger partial charge in [0.05, 0.1) is 19.3 Å². The quantitative estimate of drug-likeness (QED) is 0.487. The van der Waals surface area contributed by atoms with Crippen LogP contribution in [-0.2, 0) is 25.6 Å². The maximum atomic E-state index is 9.50. The van der Waals surface area contributed by atoms with Crippen molar-refractivity contribution in [3.05, 3.63) is 46.3 Å². The molecule has 24 heavy (non-hydrogen) atoms. The number of aliphatic hydroxyl groups excluding tert-OH is 1. The second kappa shape index (κ2) is 7.06. The molecule has 2 heterocycles. The number of ether oxygens (including phenoxy) is 4. The zero-order chi connectivity index (χ0) is 17.2. The van der Waals surface area contributed by atoms with E-state index in [1.807, 2.05) is 30.3 Å². The number of benzene rings is 1. The predicted octanol–water partition coefficient (Wildman–Crippen LogP) is 2.12. The molecule has 8 nitrogen and oxygen atoms in total. The number of aliphatic hydroxyl groups is 1. The molecule has 0 unspecified atom stereocenters. The number of hydrogen-bond donors (Lipinski definition) is 1. The van der Waals surface area contributed by atoms with E-state index in [9.17, 15) is 5.11 Å². The number of azide groups is 1. The summed E-state index contributed by atoms with van der Waals surface area (Å²) in [7, 11) is 0. The van der Waals surface area contributed by atoms with Crippen molar-refractivity contribution in [2.75, 3.05) is 6.61 Å². The van der Waals surface area contributed by atoms with E-state index >= 15 is 0 Å². The maximum absolute atomic E-state index is 9.50. The smallest absolute Gasteiger partial charge is 0.190 e. The van der Waals surface area contributed by atoms with E-state index < -0.39 is 36.4 Å². The zero-order valence-electron chi connectivity index (χ0n) is 13.6. The van der Waals surface area contributed by atoms with Crippen LogP contribution in [0.25, 0.3) is 10.4 Å². The van der Waals surface area contributed by atoms with Crippen molar-refractivity contribution < 1.29 is 24.1 Å². The van der Waals surface area contributed by atoms with Crippen molar-refractivity contribution in [2.24, 2.45) is 5.11 Å². The van der Waals surface area contributed by atoms with Crippen LogP contribution in [0.5, 0.6) is 0 Å². The van der Waals surface area contributed by atoms with Gasteiger partial charge in [-0.1, -0.05) is 35.4 Å². The van der Waals surface area contributed by atoms with Crippen molar-refractivity contribution in [3.8, 4) is 0 Å². The molecular weight excluding hydrogens is 314 g/mol. The first-order valence-corrected chi connectivity index (χ1v) is 7.86. The van der Waals surface area contributed by atoms with Crippen LogP contribution in [0.15, 0.2) is 35.4 Å². The summed E-state index contributed by atoms with van der Waals surface area (Å²) in [6.45, 7) is 3.61. The summed E-state index contributed by atoms with van der Waals surface area (Å²) in [5.41, 5.74) is 9.70. The van der Waals surface area contributed by atoms with Gasteiger partial charge in [-0.05, 0) is 24.9 Å². The molecule has 0 aliphatic carbocycles. The van der Waals surface area contributed by atoms with E-state index in [0.717, 1.165) is 5.56 Å². The molecule has 0 amide bonds. The van der Waals surface area contributed by atoms with E-state index in [4.69, 9.17) is 24.5 Å². The fraction of sp³-hybridized carbons (Fsp3) is 0.625. The normalized spacial score (nSPS) is 32.1. The molecule has 3 rings (SSSR count). The monoisotopic (exact) mass is 335 g/mol. The fourth-order valence-electron chi connectivity index (χ4n) is 3.04. The van der Waals surface area contributed by atoms with Crippen LogP contribution in [0.1, 0.15) is 19.4 Å². The Morgan fingerprint density at radius 1 is 1.33 bits per heavy atom. The van der Waals surface area contributed by atoms with Gasteiger partial charge in [0, 0.05) is 4.91 Å². The maximum Gasteiger partial charge on any atom is 0.190 e. The van der Waals surface area contributed by atoms with Crippen LogP contribution < -0.4 is 0 Å². The molecule has 8 heteroatoms. The third-order valence-electron chi connectivity index (χ3n) is 4.08. The van der Waals surface area contributed by atoms with Gasteiger partial charge in [-0.2, -0.15) is 0 Å². The Morgan fingerprint density at radius 3 is 2.75 bits per heavy atom. The molecule has 0 bridgehead atoms. The number of nitrogens with zero attached hydrogens (tertiary/aromatic N) is 3. The van der Waals surface area contributed by atoms with Crippen LogP contribution in [-0.4, -0.2) is 48.1 Å². The molecule has 0 spiro atoms. The summed E-state index contributed by atoms with van der Waals surface area (Å²) < 4.78 is 23.4. The molecule has 1 aromatic rings. The SMILES string of the molecule is CC1(C)O[C@H]2O[C@H]([C@H](CO)N=[N+]=[N-])[C@@H](OCc3ccccc3)[C@H]2O1. The van der Waals surface area contributed by atoms with Gasteiger partial charge in [0.2, 0.25) is 0 Å². The van der Waals surface area contributed by atoms with E-state index in [1.54, 1.807) is 13.8 Å². The van der Waals surface area contributed by atoms with Crippen molar-refractivity contribution in [1.29, 1.82) is 0 Å². The van der Waals surface area contributed by atoms with E-state index in [-0.39, 0.29) is 6.61 Å². The average Bonchev–Trinajstić information content (AvgIpc) is 3.03. The lowest BCUT2D eigenvalue weighted by atomic mass is 10.0. The Kier molecular flexibility index (Phi) is 5.05. The van der Waals surface area contributed by atoms with Gasteiger partial charge >= 0.3 is 0 Å². The van der Waals surface area contributed by atoms with Crippen LogP contribution in [0, 0.1) is 0 Å². The molecule has 0 radical (unpaired) electrons. The van der Waals surface area contributed by atoms with Crippen molar-refractivity contribution in [3.63, 3.8) is 0 Å². The Labute approximate surface area is 139 Å². The topological polar surface area (TPSA) is 106 Å². The zero-order valence-corrected chi connectivity index (χ0v) is 13.6. The summed E-state index contributed by atoms with van der Waals surface area (Å²) in [6, 6.07) is 8.93. The Hall–Kier alpha value is -1.67. The largest absolute Gasteiger partial charge is 0.396 e. The Bertz CT molecular complexity index is 605. The highest BCUT2D eigenvalue weighted by molar-refractivity contribution is 5.13. The Balaban J connectivity index is 1.77. The van der Waals surface area contributed by atoms with Gasteiger partial charge in [-0.25, -0.2) is 0 Å². The number of fused-ring (bicyclic) bond motifs is 1. The highest BCUT2D eigenvalue weighted by atomic mass is 16.8. The second-order valence-electron chi connectivity index (χ2n) is 6.29. The minimum absolute atomic E-state index is 0.344. The van der Waals surface area contributed by atoms with E-state index in [1.165, 1.54) is 0 Å². The lowest BCUT2D eigenvalue weighted by Gasteiger charge is -2.28. The molecule has 0 saturated carbocycles. The first-order chi connectivity index (χ1) is 11.5. The molecule has 5 atom stereocenters. The predicted molar refractivity (Wildman–Crippen MR) is 83.7 cm³/mol. The summed E-state index contributed by atoms with van der Waals surface area (Å²) in [5.74, 6) is -0.776. The first-order valence-electron chi connectivity index (χ1n) is 7.86. The summed E-state index contributed by atoms with van der Waals surface area (Å²) in [5, 5.41) is 13.1. The molecule has 1 N–H and O–H groups in total. The molecule has 0 aromatic heterocycles. The van der Waals surface area contributed by atoms with Gasteiger partial charge in [0.15, 0.2) is 12.1 Å². The fourth-order valence-corrected chi connectivity index (χ4v) is 3.04. The summed E-state index contributed by atoms with van der Waals surface area (Å²) >= 11 is 0. The van der Waals surface area contributed by atoms with Gasteiger partial charge in [-0.3, -0.25) is 0 Å². The molecule has 2 saturated heterocycles. The van der Waals surface area contributed by atoms with E-state index in [0.29, 0.717) is 6.61 Å². The molecule has 2 aliphatic heterocycles. The highest BCUT2D eigenvalue weighted by Crippen LogP contribution is 2.40. The molecular formula is C16H21N3O5. The first kappa shape index (κ1) is 17.2. The second-order valence-corrected chi connectivity index (χ2v) is 6.29. The number of hydrogen-bond acceptors (Lipinski definition) is 6. The van der Waals surface area contributed by atoms with Crippen LogP contribution in [0.3, 0.4) is 0 Å². The van der Waals surface area contributed by atoms with Crippen molar-refractivity contribution >= 4 is 0 Å². The molecule has 130 valence electrons. The molecule has 2 aliphatic rings. The van der Waals surface area contributed by atoms with Gasteiger partial charge in [-0.15, -0.1) is 0 Å². The van der Waals surface area contributed by atoms with Crippen LogP contribution in [0.4, 0.5) is 0 Å². The molecule has 1 aromatic carbocycles. The lowest BCUT2D eigenvalue weighted by Crippen LogP contribution is -2.43. The summed E-state index contributed by atoms with van der Waals surface area (Å²) in [4.78, 5) is 2.77. The van der Waals surface area contributed by atoms with Gasteiger partial charge < -0.3 is 24.1 Å². The van der Waals surface area contributed by atoms with Gasteiger partial charge in [0.25, 0.3) is 0 Å².